The number of benzene rings is 1. The zero-order valence-electron chi connectivity index (χ0n) is 8.20. The predicted molar refractivity (Wildman–Crippen MR) is 67.4 cm³/mol. The van der Waals surface area contributed by atoms with Crippen LogP contribution in [0.5, 0.6) is 5.75 Å². The van der Waals surface area contributed by atoms with Gasteiger partial charge in [-0.25, -0.2) is 0 Å². The van der Waals surface area contributed by atoms with Gasteiger partial charge in [-0.15, -0.1) is 11.6 Å². The second kappa shape index (κ2) is 5.44. The van der Waals surface area contributed by atoms with Crippen LogP contribution in [0, 0.1) is 13.7 Å². The number of ether oxygens (including phenoxy) is 1. The quantitative estimate of drug-likeness (QED) is 0.274. The Morgan fingerprint density at radius 2 is 2.25 bits per heavy atom. The minimum Gasteiger partial charge on any atom is -0.496 e. The Balaban J connectivity index is 3.37. The number of Topliss-reactive ketones (excluding diaryl/α,β-unsaturated/α-hetero) is 1. The van der Waals surface area contributed by atoms with Gasteiger partial charge in [0.2, 0.25) is 0 Å². The fraction of sp³-hybridized carbons (Fsp3) is 0.222. The topological polar surface area (TPSA) is 69.4 Å². The minimum atomic E-state index is -0.529. The number of nitro benzene ring substituents is 1. The molecule has 86 valence electrons. The smallest absolute Gasteiger partial charge is 0.286 e. The van der Waals surface area contributed by atoms with Gasteiger partial charge in [0.1, 0.15) is 5.75 Å². The van der Waals surface area contributed by atoms with Gasteiger partial charge in [-0.3, -0.25) is 14.9 Å². The van der Waals surface area contributed by atoms with Crippen molar-refractivity contribution >= 4 is 45.7 Å². The first kappa shape index (κ1) is 13.2. The fourth-order valence-electron chi connectivity index (χ4n) is 1.14. The molecule has 0 N–H and O–H groups in total. The molecule has 7 heteroatoms. The van der Waals surface area contributed by atoms with Crippen molar-refractivity contribution in [3.05, 3.63) is 31.4 Å². The van der Waals surface area contributed by atoms with Crippen molar-refractivity contribution in [2.45, 2.75) is 0 Å². The van der Waals surface area contributed by atoms with Gasteiger partial charge in [-0.1, -0.05) is 0 Å². The minimum absolute atomic E-state index is 0.0939. The molecule has 0 saturated carbocycles. The number of methoxy groups -OCH3 is 1. The summed E-state index contributed by atoms with van der Waals surface area (Å²) in [5, 5.41) is 10.7. The molecule has 1 aromatic carbocycles. The van der Waals surface area contributed by atoms with Gasteiger partial charge in [0.15, 0.2) is 5.78 Å². The number of carbonyl (C=O) groups is 1. The Hall–Kier alpha value is -0.890. The van der Waals surface area contributed by atoms with Crippen LogP contribution in [0.2, 0.25) is 0 Å². The van der Waals surface area contributed by atoms with Crippen LogP contribution in [-0.2, 0) is 0 Å². The first-order valence-corrected chi connectivity index (χ1v) is 5.73. The molecule has 5 nitrogen and oxygen atoms in total. The molecular formula is C9H7ClINO4. The summed E-state index contributed by atoms with van der Waals surface area (Å²) >= 11 is 7.22. The SMILES string of the molecule is COc1cc([N+](=O)[O-])c(I)cc1C(=O)CCl. The van der Waals surface area contributed by atoms with Crippen molar-refractivity contribution in [2.75, 3.05) is 13.0 Å². The predicted octanol–water partition coefficient (Wildman–Crippen LogP) is 2.63. The van der Waals surface area contributed by atoms with Crippen molar-refractivity contribution in [1.29, 1.82) is 0 Å². The van der Waals surface area contributed by atoms with Crippen molar-refractivity contribution < 1.29 is 14.5 Å². The van der Waals surface area contributed by atoms with E-state index in [1.54, 1.807) is 22.6 Å². The van der Waals surface area contributed by atoms with Crippen molar-refractivity contribution in [3.8, 4) is 5.75 Å². The third-order valence-corrected chi connectivity index (χ3v) is 2.99. The fourth-order valence-corrected chi connectivity index (χ4v) is 1.95. The second-order valence-corrected chi connectivity index (χ2v) is 4.25. The average Bonchev–Trinajstić information content (AvgIpc) is 2.27. The summed E-state index contributed by atoms with van der Waals surface area (Å²) in [4.78, 5) is 21.6. The maximum Gasteiger partial charge on any atom is 0.286 e. The monoisotopic (exact) mass is 355 g/mol. The van der Waals surface area contributed by atoms with Crippen molar-refractivity contribution in [3.63, 3.8) is 0 Å². The molecule has 1 aromatic rings. The van der Waals surface area contributed by atoms with Gasteiger partial charge in [0.25, 0.3) is 5.69 Å². The molecule has 0 spiro atoms. The Morgan fingerprint density at radius 1 is 1.62 bits per heavy atom. The van der Waals surface area contributed by atoms with Gasteiger partial charge >= 0.3 is 0 Å². The molecule has 0 aromatic heterocycles. The van der Waals surface area contributed by atoms with E-state index in [2.05, 4.69) is 0 Å². The third-order valence-electron chi connectivity index (χ3n) is 1.89. The number of hydrogen-bond donors (Lipinski definition) is 0. The molecule has 0 heterocycles. The lowest BCUT2D eigenvalue weighted by molar-refractivity contribution is -0.385. The molecule has 0 aliphatic heterocycles. The largest absolute Gasteiger partial charge is 0.496 e. The maximum absolute atomic E-state index is 11.4. The summed E-state index contributed by atoms with van der Waals surface area (Å²) in [6.07, 6.45) is 0. The Bertz CT molecular complexity index is 449. The highest BCUT2D eigenvalue weighted by molar-refractivity contribution is 14.1. The van der Waals surface area contributed by atoms with Gasteiger partial charge in [-0.2, -0.15) is 0 Å². The number of nitrogens with zero attached hydrogens (tertiary/aromatic N) is 1. The van der Waals surface area contributed by atoms with Gasteiger partial charge < -0.3 is 4.74 Å². The number of alkyl halides is 1. The lowest BCUT2D eigenvalue weighted by Crippen LogP contribution is -2.05. The second-order valence-electron chi connectivity index (χ2n) is 2.82. The maximum atomic E-state index is 11.4. The molecule has 1 rings (SSSR count). The molecule has 0 aliphatic carbocycles. The van der Waals surface area contributed by atoms with E-state index in [0.717, 1.165) is 0 Å². The summed E-state index contributed by atoms with van der Waals surface area (Å²) in [7, 11) is 1.34. The number of halogens is 2. The van der Waals surface area contributed by atoms with E-state index in [1.165, 1.54) is 19.2 Å². The zero-order chi connectivity index (χ0) is 12.3. The number of hydrogen-bond acceptors (Lipinski definition) is 4. The molecular weight excluding hydrogens is 348 g/mol. The highest BCUT2D eigenvalue weighted by Crippen LogP contribution is 2.30. The van der Waals surface area contributed by atoms with E-state index in [0.29, 0.717) is 3.57 Å². The Morgan fingerprint density at radius 3 is 2.69 bits per heavy atom. The summed E-state index contributed by atoms with van der Waals surface area (Å²) in [5.41, 5.74) is 0.163. The van der Waals surface area contributed by atoms with Crippen LogP contribution >= 0.6 is 34.2 Å². The van der Waals surface area contributed by atoms with Gasteiger partial charge in [0, 0.05) is 0 Å². The van der Waals surface area contributed by atoms with Crippen LogP contribution < -0.4 is 4.74 Å². The van der Waals surface area contributed by atoms with Crippen LogP contribution in [0.4, 0.5) is 5.69 Å². The molecule has 0 aliphatic rings. The van der Waals surface area contributed by atoms with E-state index >= 15 is 0 Å². The Labute approximate surface area is 110 Å². The molecule has 0 fully saturated rings. The summed E-state index contributed by atoms with van der Waals surface area (Å²) in [6.45, 7) is 0. The number of nitro groups is 1. The first-order valence-electron chi connectivity index (χ1n) is 4.12. The lowest BCUT2D eigenvalue weighted by atomic mass is 10.1. The van der Waals surface area contributed by atoms with Crippen LogP contribution in [0.3, 0.4) is 0 Å². The first-order chi connectivity index (χ1) is 7.51. The van der Waals surface area contributed by atoms with E-state index in [-0.39, 0.29) is 28.7 Å². The van der Waals surface area contributed by atoms with E-state index < -0.39 is 4.92 Å². The molecule has 0 unspecified atom stereocenters. The third kappa shape index (κ3) is 2.62. The molecule has 0 atom stereocenters. The number of carbonyl (C=O) groups excluding carboxylic acids is 1. The number of rotatable bonds is 4. The molecule has 0 saturated heterocycles. The standard InChI is InChI=1S/C9H7ClINO4/c1-16-9-3-7(12(14)15)6(11)2-5(9)8(13)4-10/h2-3H,4H2,1H3. The van der Waals surface area contributed by atoms with Gasteiger partial charge in [-0.05, 0) is 28.7 Å². The van der Waals surface area contributed by atoms with Crippen molar-refractivity contribution in [1.82, 2.24) is 0 Å². The molecule has 0 radical (unpaired) electrons. The molecule has 0 bridgehead atoms. The van der Waals surface area contributed by atoms with E-state index in [1.807, 2.05) is 0 Å². The van der Waals surface area contributed by atoms with Gasteiger partial charge in [0.05, 0.1) is 33.1 Å². The average molecular weight is 356 g/mol. The van der Waals surface area contributed by atoms with Crippen molar-refractivity contribution in [2.24, 2.45) is 0 Å². The summed E-state index contributed by atoms with van der Waals surface area (Å²) in [5.74, 6) is -0.353. The summed E-state index contributed by atoms with van der Waals surface area (Å²) < 4.78 is 5.30. The highest BCUT2D eigenvalue weighted by atomic mass is 127. The molecule has 16 heavy (non-hydrogen) atoms. The van der Waals surface area contributed by atoms with Crippen LogP contribution in [0.25, 0.3) is 0 Å². The zero-order valence-corrected chi connectivity index (χ0v) is 11.1. The van der Waals surface area contributed by atoms with Crippen LogP contribution in [0.15, 0.2) is 12.1 Å². The highest BCUT2D eigenvalue weighted by Gasteiger charge is 2.20. The Kier molecular flexibility index (Phi) is 4.48. The van der Waals surface area contributed by atoms with Crippen LogP contribution in [-0.4, -0.2) is 23.7 Å². The summed E-state index contributed by atoms with van der Waals surface area (Å²) in [6, 6.07) is 2.63. The number of ketones is 1. The van der Waals surface area contributed by atoms with Crippen LogP contribution in [0.1, 0.15) is 10.4 Å². The molecule has 0 amide bonds. The van der Waals surface area contributed by atoms with E-state index in [9.17, 15) is 14.9 Å². The van der Waals surface area contributed by atoms with E-state index in [4.69, 9.17) is 16.3 Å². The normalized spacial score (nSPS) is 9.94. The lowest BCUT2D eigenvalue weighted by Gasteiger charge is -2.07.